The van der Waals surface area contributed by atoms with Gasteiger partial charge in [0, 0.05) is 12.1 Å². The molecule has 1 aliphatic carbocycles. The molecule has 9 nitrogen and oxygen atoms in total. The summed E-state index contributed by atoms with van der Waals surface area (Å²) in [5.74, 6) is -1.55. The Morgan fingerprint density at radius 2 is 1.79 bits per heavy atom. The molecule has 1 heterocycles. The number of aromatic nitrogens is 2. The first-order chi connectivity index (χ1) is 15.3. The number of halogens is 3. The third-order valence-electron chi connectivity index (χ3n) is 5.63. The van der Waals surface area contributed by atoms with Gasteiger partial charge in [-0.2, -0.15) is 18.3 Å². The van der Waals surface area contributed by atoms with Crippen molar-refractivity contribution in [1.29, 1.82) is 0 Å². The van der Waals surface area contributed by atoms with E-state index in [9.17, 15) is 38.1 Å². The summed E-state index contributed by atoms with van der Waals surface area (Å²) >= 11 is 0. The number of fused-ring (bicyclic) bond motifs is 1. The molecule has 12 heteroatoms. The van der Waals surface area contributed by atoms with Gasteiger partial charge in [0.1, 0.15) is 5.54 Å². The quantitative estimate of drug-likeness (QED) is 0.409. The van der Waals surface area contributed by atoms with Gasteiger partial charge in [0.15, 0.2) is 11.5 Å². The van der Waals surface area contributed by atoms with Crippen molar-refractivity contribution in [2.24, 2.45) is 11.1 Å². The molecule has 1 aromatic carbocycles. The molecule has 2 aromatic rings. The van der Waals surface area contributed by atoms with Gasteiger partial charge in [-0.3, -0.25) is 9.59 Å². The molecule has 0 aliphatic heterocycles. The number of benzene rings is 1. The average Bonchev–Trinajstić information content (AvgIpc) is 3.11. The maximum absolute atomic E-state index is 13.7. The van der Waals surface area contributed by atoms with Crippen molar-refractivity contribution < 1.29 is 38.1 Å². The second-order valence-electron chi connectivity index (χ2n) is 8.99. The smallest absolute Gasteiger partial charge is 0.394 e. The van der Waals surface area contributed by atoms with Crippen molar-refractivity contribution in [3.05, 3.63) is 40.7 Å². The highest BCUT2D eigenvalue weighted by molar-refractivity contribution is 6.00. The van der Waals surface area contributed by atoms with Gasteiger partial charge in [-0.1, -0.05) is 13.8 Å². The third-order valence-corrected chi connectivity index (χ3v) is 5.63. The van der Waals surface area contributed by atoms with Crippen LogP contribution in [0.1, 0.15) is 52.4 Å². The Hall–Kier alpha value is -2.96. The number of nitrogens with two attached hydrogens (primary N) is 1. The zero-order valence-corrected chi connectivity index (χ0v) is 18.0. The molecule has 0 spiro atoms. The van der Waals surface area contributed by atoms with Gasteiger partial charge in [0.05, 0.1) is 42.3 Å². The van der Waals surface area contributed by atoms with Gasteiger partial charge in [-0.05, 0) is 30.0 Å². The number of alkyl halides is 3. The zero-order chi connectivity index (χ0) is 24.8. The molecule has 0 fully saturated rings. The molecule has 0 atom stereocenters. The van der Waals surface area contributed by atoms with Crippen LogP contribution in [-0.4, -0.2) is 62.2 Å². The number of nitrogens with zero attached hydrogens (tertiary/aromatic N) is 2. The summed E-state index contributed by atoms with van der Waals surface area (Å²) in [6.45, 7) is 1.36. The summed E-state index contributed by atoms with van der Waals surface area (Å²) in [6, 6.07) is 3.83. The number of primary amides is 1. The molecule has 33 heavy (non-hydrogen) atoms. The number of hydrogen-bond acceptors (Lipinski definition) is 7. The van der Waals surface area contributed by atoms with E-state index in [0.717, 1.165) is 4.68 Å². The number of carbonyl (C=O) groups is 2. The second kappa shape index (κ2) is 8.43. The molecule has 0 bridgehead atoms. The highest BCUT2D eigenvalue weighted by Gasteiger charge is 2.45. The van der Waals surface area contributed by atoms with Crippen LogP contribution in [0.15, 0.2) is 18.2 Å². The molecule has 0 saturated carbocycles. The van der Waals surface area contributed by atoms with Gasteiger partial charge >= 0.3 is 6.18 Å². The summed E-state index contributed by atoms with van der Waals surface area (Å²) in [4.78, 5) is 24.5. The summed E-state index contributed by atoms with van der Waals surface area (Å²) in [5, 5.41) is 35.2. The second-order valence-corrected chi connectivity index (χ2v) is 8.99. The van der Waals surface area contributed by atoms with Gasteiger partial charge < -0.3 is 26.4 Å². The van der Waals surface area contributed by atoms with Crippen LogP contribution in [0, 0.1) is 5.41 Å². The van der Waals surface area contributed by atoms with E-state index in [4.69, 9.17) is 5.73 Å². The lowest BCUT2D eigenvalue weighted by atomic mass is 9.75. The van der Waals surface area contributed by atoms with E-state index >= 15 is 0 Å². The van der Waals surface area contributed by atoms with Crippen molar-refractivity contribution in [3.63, 3.8) is 0 Å². The van der Waals surface area contributed by atoms with E-state index in [1.807, 2.05) is 0 Å². The lowest BCUT2D eigenvalue weighted by Crippen LogP contribution is -2.49. The molecule has 3 rings (SSSR count). The summed E-state index contributed by atoms with van der Waals surface area (Å²) in [5.41, 5.74) is 1.42. The Kier molecular flexibility index (Phi) is 6.30. The number of amides is 1. The topological polar surface area (TPSA) is 151 Å². The summed E-state index contributed by atoms with van der Waals surface area (Å²) in [6.07, 6.45) is -4.78. The fraction of sp³-hybridized carbons (Fsp3) is 0.476. The molecule has 1 aromatic heterocycles. The largest absolute Gasteiger partial charge is 0.435 e. The number of hydrogen-bond donors (Lipinski definition) is 5. The highest BCUT2D eigenvalue weighted by atomic mass is 19.4. The van der Waals surface area contributed by atoms with Crippen molar-refractivity contribution >= 4 is 17.4 Å². The highest BCUT2D eigenvalue weighted by Crippen LogP contribution is 2.42. The van der Waals surface area contributed by atoms with Gasteiger partial charge in [-0.25, -0.2) is 4.68 Å². The van der Waals surface area contributed by atoms with Crippen LogP contribution in [0.25, 0.3) is 5.69 Å². The minimum Gasteiger partial charge on any atom is -0.394 e. The Morgan fingerprint density at radius 1 is 1.18 bits per heavy atom. The number of nitrogens with one attached hydrogen (secondary N) is 1. The van der Waals surface area contributed by atoms with Crippen LogP contribution in [0.3, 0.4) is 0 Å². The standard InChI is InChI=1S/C21H25F3N4O5/c1-19(2)6-14-16(15(32)7-19)17(21(22,23)24)27-28(14)11-3-4-12(18(25)33)13(5-11)26-20(8-29,9-30)10-31/h3-5,26,29-31H,6-10H2,1-2H3,(H2,25,33). The first-order valence-corrected chi connectivity index (χ1v) is 10.0. The first-order valence-electron chi connectivity index (χ1n) is 10.0. The van der Waals surface area contributed by atoms with Crippen molar-refractivity contribution in [2.75, 3.05) is 25.1 Å². The van der Waals surface area contributed by atoms with Crippen molar-refractivity contribution in [2.45, 2.75) is 38.4 Å². The molecular weight excluding hydrogens is 445 g/mol. The van der Waals surface area contributed by atoms with Gasteiger partial charge in [0.2, 0.25) is 0 Å². The van der Waals surface area contributed by atoms with Gasteiger partial charge in [-0.15, -0.1) is 0 Å². The lowest BCUT2D eigenvalue weighted by molar-refractivity contribution is -0.141. The van der Waals surface area contributed by atoms with Crippen LogP contribution >= 0.6 is 0 Å². The first kappa shape index (κ1) is 24.7. The summed E-state index contributed by atoms with van der Waals surface area (Å²) in [7, 11) is 0. The summed E-state index contributed by atoms with van der Waals surface area (Å²) < 4.78 is 42.1. The number of ketones is 1. The Balaban J connectivity index is 2.24. The normalized spacial score (nSPS) is 15.9. The number of carbonyl (C=O) groups excluding carboxylic acids is 2. The van der Waals surface area contributed by atoms with E-state index < -0.39 is 59.9 Å². The lowest BCUT2D eigenvalue weighted by Gasteiger charge is -2.31. The molecule has 0 unspecified atom stereocenters. The average molecular weight is 470 g/mol. The monoisotopic (exact) mass is 470 g/mol. The van der Waals surface area contributed by atoms with E-state index in [-0.39, 0.29) is 35.5 Å². The minimum atomic E-state index is -4.86. The number of aliphatic hydroxyl groups excluding tert-OH is 3. The Morgan fingerprint density at radius 3 is 2.30 bits per heavy atom. The molecular formula is C21H25F3N4O5. The Bertz CT molecular complexity index is 1080. The van der Waals surface area contributed by atoms with Gasteiger partial charge in [0.25, 0.3) is 5.91 Å². The molecule has 6 N–H and O–H groups in total. The fourth-order valence-corrected chi connectivity index (χ4v) is 3.90. The predicted molar refractivity (Wildman–Crippen MR) is 111 cm³/mol. The fourth-order valence-electron chi connectivity index (χ4n) is 3.90. The van der Waals surface area contributed by atoms with E-state index in [0.29, 0.717) is 0 Å². The SMILES string of the molecule is CC1(C)CC(=O)c2c(C(F)(F)F)nn(-c3ccc(C(N)=O)c(NC(CO)(CO)CO)c3)c2C1. The predicted octanol–water partition coefficient (Wildman–Crippen LogP) is 1.27. The van der Waals surface area contributed by atoms with E-state index in [1.165, 1.54) is 18.2 Å². The number of Topliss-reactive ketones (excluding diaryl/α,β-unsaturated/α-hetero) is 1. The van der Waals surface area contributed by atoms with E-state index in [1.54, 1.807) is 13.8 Å². The van der Waals surface area contributed by atoms with Crippen LogP contribution < -0.4 is 11.1 Å². The van der Waals surface area contributed by atoms with Crippen molar-refractivity contribution in [1.82, 2.24) is 9.78 Å². The number of aliphatic hydroxyl groups is 3. The zero-order valence-electron chi connectivity index (χ0n) is 18.0. The number of anilines is 1. The molecule has 0 radical (unpaired) electrons. The van der Waals surface area contributed by atoms with Crippen molar-refractivity contribution in [3.8, 4) is 5.69 Å². The molecule has 0 saturated heterocycles. The van der Waals surface area contributed by atoms with Crippen LogP contribution in [0.2, 0.25) is 0 Å². The maximum Gasteiger partial charge on any atom is 0.435 e. The van der Waals surface area contributed by atoms with Crippen LogP contribution in [0.5, 0.6) is 0 Å². The molecule has 180 valence electrons. The Labute approximate surface area is 187 Å². The van der Waals surface area contributed by atoms with Crippen LogP contribution in [0.4, 0.5) is 18.9 Å². The molecule has 1 aliphatic rings. The van der Waals surface area contributed by atoms with E-state index in [2.05, 4.69) is 10.4 Å². The molecule has 1 amide bonds. The van der Waals surface area contributed by atoms with Crippen LogP contribution in [-0.2, 0) is 12.6 Å². The minimum absolute atomic E-state index is 0.0450. The third kappa shape index (κ3) is 4.59. The number of rotatable bonds is 7. The maximum atomic E-state index is 13.7.